The Bertz CT molecular complexity index is 1700. The summed E-state index contributed by atoms with van der Waals surface area (Å²) in [6.07, 6.45) is 0.995. The molecule has 2 heterocycles. The molecule has 0 bridgehead atoms. The van der Waals surface area contributed by atoms with Gasteiger partial charge in [-0.25, -0.2) is 0 Å². The molecule has 1 saturated heterocycles. The molecule has 2 amide bonds. The Morgan fingerprint density at radius 1 is 0.837 bits per heavy atom. The van der Waals surface area contributed by atoms with Gasteiger partial charge in [-0.3, -0.25) is 19.4 Å². The molecule has 4 aromatic rings. The third kappa shape index (κ3) is 7.76. The number of hydrogen-bond acceptors (Lipinski definition) is 5. The molecule has 7 nitrogen and oxygen atoms in total. The van der Waals surface area contributed by atoms with Crippen molar-refractivity contribution in [3.63, 3.8) is 0 Å². The van der Waals surface area contributed by atoms with Gasteiger partial charge < -0.3 is 15.5 Å². The third-order valence-corrected chi connectivity index (χ3v) is 10.7. The Morgan fingerprint density at radius 2 is 1.45 bits per heavy atom. The number of rotatable bonds is 11. The van der Waals surface area contributed by atoms with Gasteiger partial charge in [0.25, 0.3) is 0 Å². The number of halogens is 1. The van der Waals surface area contributed by atoms with Gasteiger partial charge >= 0.3 is 0 Å². The molecule has 49 heavy (non-hydrogen) atoms. The van der Waals surface area contributed by atoms with E-state index >= 15 is 0 Å². The number of carbonyl (C=O) groups is 2. The van der Waals surface area contributed by atoms with Crippen LogP contribution >= 0.6 is 11.6 Å². The molecule has 6 rings (SSSR count). The van der Waals surface area contributed by atoms with Gasteiger partial charge in [0, 0.05) is 44.2 Å². The van der Waals surface area contributed by atoms with Crippen molar-refractivity contribution in [2.75, 3.05) is 39.3 Å². The smallest absolute Gasteiger partial charge is 0.245 e. The molecule has 0 radical (unpaired) electrons. The van der Waals surface area contributed by atoms with Crippen molar-refractivity contribution in [2.45, 2.75) is 57.9 Å². The number of benzene rings is 4. The predicted molar refractivity (Wildman–Crippen MR) is 198 cm³/mol. The van der Waals surface area contributed by atoms with E-state index in [2.05, 4.69) is 102 Å². The maximum absolute atomic E-state index is 14.3. The van der Waals surface area contributed by atoms with Crippen LogP contribution in [-0.4, -0.2) is 77.9 Å². The largest absolute Gasteiger partial charge is 0.343 e. The van der Waals surface area contributed by atoms with Crippen LogP contribution in [0.3, 0.4) is 0 Å². The van der Waals surface area contributed by atoms with Crippen LogP contribution in [0, 0.1) is 0 Å². The van der Waals surface area contributed by atoms with Crippen molar-refractivity contribution in [3.05, 3.63) is 130 Å². The van der Waals surface area contributed by atoms with E-state index in [4.69, 9.17) is 11.6 Å². The highest BCUT2D eigenvalue weighted by Gasteiger charge is 2.41. The number of nitrogens with zero attached hydrogens (tertiary/aromatic N) is 3. The Morgan fingerprint density at radius 3 is 2.10 bits per heavy atom. The van der Waals surface area contributed by atoms with E-state index in [0.717, 1.165) is 31.7 Å². The summed E-state index contributed by atoms with van der Waals surface area (Å²) in [4.78, 5) is 34.9. The minimum absolute atomic E-state index is 0.0454. The van der Waals surface area contributed by atoms with Crippen molar-refractivity contribution >= 4 is 23.4 Å². The first-order valence-corrected chi connectivity index (χ1v) is 18.0. The minimum Gasteiger partial charge on any atom is -0.343 e. The van der Waals surface area contributed by atoms with Crippen LogP contribution in [0.4, 0.5) is 0 Å². The van der Waals surface area contributed by atoms with Gasteiger partial charge in [-0.2, -0.15) is 0 Å². The minimum atomic E-state index is -0.682. The lowest BCUT2D eigenvalue weighted by Gasteiger charge is -2.51. The highest BCUT2D eigenvalue weighted by molar-refractivity contribution is 6.30. The predicted octanol–water partition coefficient (Wildman–Crippen LogP) is 6.11. The van der Waals surface area contributed by atoms with Gasteiger partial charge in [-0.1, -0.05) is 116 Å². The van der Waals surface area contributed by atoms with Crippen LogP contribution in [0.15, 0.2) is 103 Å². The molecule has 0 aromatic heterocycles. The molecule has 3 atom stereocenters. The molecule has 0 aliphatic carbocycles. The maximum Gasteiger partial charge on any atom is 0.245 e. The molecule has 2 aliphatic rings. The average molecular weight is 678 g/mol. The standard InChI is InChI=1S/C41H48ClN5O2/c1-4-46(5-2)41(3,35-19-17-32(18-20-35)31-11-7-6-8-12-31)47-25-23-45(24-26-47)40(49)38(27-30-15-21-36(42)22-16-30)44-39(48)37-28-33-13-9-10-14-34(33)29-43-37/h6-22,37-38,43H,4-5,23-29H2,1-3H3,(H,44,48). The first-order chi connectivity index (χ1) is 23.8. The second-order valence-corrected chi connectivity index (χ2v) is 13.7. The second kappa shape index (κ2) is 15.7. The van der Waals surface area contributed by atoms with Crippen molar-refractivity contribution in [3.8, 4) is 11.1 Å². The molecular formula is C41H48ClN5O2. The Hall–Kier alpha value is -4.01. The lowest BCUT2D eigenvalue weighted by Crippen LogP contribution is -2.63. The Kier molecular flexibility index (Phi) is 11.2. The summed E-state index contributed by atoms with van der Waals surface area (Å²) in [5.74, 6) is -0.190. The zero-order valence-corrected chi connectivity index (χ0v) is 29.6. The van der Waals surface area contributed by atoms with Crippen LogP contribution < -0.4 is 10.6 Å². The maximum atomic E-state index is 14.3. The summed E-state index contributed by atoms with van der Waals surface area (Å²) in [5.41, 5.74) is 6.64. The number of nitrogens with one attached hydrogen (secondary N) is 2. The summed E-state index contributed by atoms with van der Waals surface area (Å²) >= 11 is 6.17. The van der Waals surface area contributed by atoms with Crippen LogP contribution in [0.25, 0.3) is 11.1 Å². The average Bonchev–Trinajstić information content (AvgIpc) is 3.15. The van der Waals surface area contributed by atoms with Gasteiger partial charge in [-0.05, 0) is 71.9 Å². The topological polar surface area (TPSA) is 67.9 Å². The molecule has 4 aromatic carbocycles. The monoisotopic (exact) mass is 677 g/mol. The summed E-state index contributed by atoms with van der Waals surface area (Å²) < 4.78 is 0. The number of fused-ring (bicyclic) bond motifs is 1. The van der Waals surface area contributed by atoms with Crippen molar-refractivity contribution < 1.29 is 9.59 Å². The van der Waals surface area contributed by atoms with E-state index in [0.29, 0.717) is 37.5 Å². The first-order valence-electron chi connectivity index (χ1n) is 17.6. The summed E-state index contributed by atoms with van der Waals surface area (Å²) in [5, 5.41) is 7.17. The highest BCUT2D eigenvalue weighted by Crippen LogP contribution is 2.35. The fourth-order valence-corrected chi connectivity index (χ4v) is 7.69. The lowest BCUT2D eigenvalue weighted by molar-refractivity contribution is -0.141. The quantitative estimate of drug-likeness (QED) is 0.201. The molecule has 2 N–H and O–H groups in total. The summed E-state index contributed by atoms with van der Waals surface area (Å²) in [6.45, 7) is 11.8. The molecule has 2 aliphatic heterocycles. The Labute approximate surface area is 296 Å². The molecule has 3 unspecified atom stereocenters. The Balaban J connectivity index is 1.18. The molecule has 256 valence electrons. The summed E-state index contributed by atoms with van der Waals surface area (Å²) in [6, 6.07) is 34.1. The zero-order chi connectivity index (χ0) is 34.4. The normalized spacial score (nSPS) is 18.4. The number of hydrogen-bond donors (Lipinski definition) is 2. The van der Waals surface area contributed by atoms with Crippen molar-refractivity contribution in [2.24, 2.45) is 0 Å². The summed E-state index contributed by atoms with van der Waals surface area (Å²) in [7, 11) is 0. The zero-order valence-electron chi connectivity index (χ0n) is 28.9. The van der Waals surface area contributed by atoms with Gasteiger partial charge in [0.2, 0.25) is 11.8 Å². The number of piperazine rings is 1. The number of amides is 2. The van der Waals surface area contributed by atoms with Crippen LogP contribution in [0.2, 0.25) is 5.02 Å². The third-order valence-electron chi connectivity index (χ3n) is 10.5. The lowest BCUT2D eigenvalue weighted by atomic mass is 9.93. The van der Waals surface area contributed by atoms with Gasteiger partial charge in [0.1, 0.15) is 6.04 Å². The van der Waals surface area contributed by atoms with Crippen LogP contribution in [-0.2, 0) is 34.6 Å². The first kappa shape index (κ1) is 34.8. The molecule has 8 heteroatoms. The van der Waals surface area contributed by atoms with Gasteiger partial charge in [0.05, 0.1) is 11.7 Å². The van der Waals surface area contributed by atoms with E-state index in [1.54, 1.807) is 0 Å². The molecule has 0 saturated carbocycles. The second-order valence-electron chi connectivity index (χ2n) is 13.2. The molecular weight excluding hydrogens is 630 g/mol. The van der Waals surface area contributed by atoms with Gasteiger partial charge in [0.15, 0.2) is 0 Å². The van der Waals surface area contributed by atoms with Gasteiger partial charge in [-0.15, -0.1) is 0 Å². The number of carbonyl (C=O) groups excluding carboxylic acids is 2. The van der Waals surface area contributed by atoms with E-state index in [1.165, 1.54) is 27.8 Å². The van der Waals surface area contributed by atoms with E-state index in [1.807, 2.05) is 47.4 Å². The highest BCUT2D eigenvalue weighted by atomic mass is 35.5. The van der Waals surface area contributed by atoms with Crippen LogP contribution in [0.5, 0.6) is 0 Å². The van der Waals surface area contributed by atoms with Crippen LogP contribution in [0.1, 0.15) is 43.0 Å². The van der Waals surface area contributed by atoms with E-state index in [-0.39, 0.29) is 17.5 Å². The van der Waals surface area contributed by atoms with Crippen molar-refractivity contribution in [1.29, 1.82) is 0 Å². The van der Waals surface area contributed by atoms with E-state index < -0.39 is 12.1 Å². The molecule has 1 fully saturated rings. The molecule has 0 spiro atoms. The van der Waals surface area contributed by atoms with Crippen molar-refractivity contribution in [1.82, 2.24) is 25.3 Å². The van der Waals surface area contributed by atoms with E-state index in [9.17, 15) is 9.59 Å². The SMILES string of the molecule is CCN(CC)C(C)(c1ccc(-c2ccccc2)cc1)N1CCN(C(=O)C(Cc2ccc(Cl)cc2)NC(=O)C2Cc3ccccc3CN2)CC1. The fourth-order valence-electron chi connectivity index (χ4n) is 7.56. The fraction of sp³-hybridized carbons (Fsp3) is 0.366.